The quantitative estimate of drug-likeness (QED) is 0.661. The van der Waals surface area contributed by atoms with E-state index in [-0.39, 0.29) is 5.41 Å². The molecule has 0 amide bonds. The highest BCUT2D eigenvalue weighted by Crippen LogP contribution is 2.45. The van der Waals surface area contributed by atoms with E-state index in [4.69, 9.17) is 0 Å². The molecule has 0 radical (unpaired) electrons. The molecule has 0 heterocycles. The molecule has 0 atom stereocenters. The number of fused-ring (bicyclic) bond motifs is 2. The smallest absolute Gasteiger partial charge is 0.143 e. The Morgan fingerprint density at radius 2 is 1.82 bits per heavy atom. The SMILES string of the molecule is Cc1ccc2c(c1)CCC(=O)C21CCCCC1. The molecule has 0 bridgehead atoms. The lowest BCUT2D eigenvalue weighted by atomic mass is 9.62. The van der Waals surface area contributed by atoms with Crippen molar-refractivity contribution in [3.8, 4) is 0 Å². The molecule has 1 fully saturated rings. The summed E-state index contributed by atoms with van der Waals surface area (Å²) in [5.74, 6) is 0.508. The van der Waals surface area contributed by atoms with E-state index in [9.17, 15) is 4.79 Å². The van der Waals surface area contributed by atoms with E-state index in [2.05, 4.69) is 25.1 Å². The highest BCUT2D eigenvalue weighted by molar-refractivity contribution is 5.92. The van der Waals surface area contributed by atoms with Gasteiger partial charge in [-0.25, -0.2) is 0 Å². The molecule has 1 heteroatoms. The molecule has 17 heavy (non-hydrogen) atoms. The van der Waals surface area contributed by atoms with Crippen LogP contribution in [-0.4, -0.2) is 5.78 Å². The second-order valence-electron chi connectivity index (χ2n) is 5.73. The van der Waals surface area contributed by atoms with Crippen LogP contribution in [0, 0.1) is 6.92 Å². The van der Waals surface area contributed by atoms with E-state index in [1.807, 2.05) is 0 Å². The zero-order valence-electron chi connectivity index (χ0n) is 10.6. The van der Waals surface area contributed by atoms with Gasteiger partial charge in [-0.05, 0) is 37.3 Å². The summed E-state index contributed by atoms with van der Waals surface area (Å²) in [5, 5.41) is 0. The van der Waals surface area contributed by atoms with Gasteiger partial charge in [0.05, 0.1) is 5.41 Å². The van der Waals surface area contributed by atoms with E-state index in [1.165, 1.54) is 36.0 Å². The third-order valence-corrected chi connectivity index (χ3v) is 4.64. The maximum Gasteiger partial charge on any atom is 0.143 e. The standard InChI is InChI=1S/C16H20O/c1-12-5-7-14-13(11-12)6-8-15(17)16(14)9-3-2-4-10-16/h5,7,11H,2-4,6,8-10H2,1H3. The number of rotatable bonds is 0. The fourth-order valence-corrected chi connectivity index (χ4v) is 3.74. The Balaban J connectivity index is 2.12. The van der Waals surface area contributed by atoms with E-state index < -0.39 is 0 Å². The number of ketones is 1. The van der Waals surface area contributed by atoms with Gasteiger partial charge in [-0.15, -0.1) is 0 Å². The van der Waals surface area contributed by atoms with Gasteiger partial charge < -0.3 is 0 Å². The van der Waals surface area contributed by atoms with Crippen LogP contribution < -0.4 is 0 Å². The van der Waals surface area contributed by atoms with Crippen LogP contribution in [0.2, 0.25) is 0 Å². The number of aryl methyl sites for hydroxylation is 2. The van der Waals surface area contributed by atoms with Crippen LogP contribution in [0.5, 0.6) is 0 Å². The predicted molar refractivity (Wildman–Crippen MR) is 69.3 cm³/mol. The van der Waals surface area contributed by atoms with Crippen molar-refractivity contribution in [2.45, 2.75) is 57.3 Å². The van der Waals surface area contributed by atoms with Gasteiger partial charge >= 0.3 is 0 Å². The second-order valence-corrected chi connectivity index (χ2v) is 5.73. The minimum absolute atomic E-state index is 0.0977. The molecule has 2 aliphatic rings. The van der Waals surface area contributed by atoms with Crippen LogP contribution in [0.3, 0.4) is 0 Å². The molecule has 1 aromatic carbocycles. The van der Waals surface area contributed by atoms with Crippen molar-refractivity contribution < 1.29 is 4.79 Å². The van der Waals surface area contributed by atoms with Crippen molar-refractivity contribution in [1.29, 1.82) is 0 Å². The lowest BCUT2D eigenvalue weighted by Crippen LogP contribution is -2.41. The van der Waals surface area contributed by atoms with E-state index in [0.717, 1.165) is 25.7 Å². The molecule has 0 N–H and O–H groups in total. The Bertz CT molecular complexity index is 453. The molecule has 0 aromatic heterocycles. The Morgan fingerprint density at radius 1 is 1.06 bits per heavy atom. The number of carbonyl (C=O) groups excluding carboxylic acids is 1. The second kappa shape index (κ2) is 3.97. The van der Waals surface area contributed by atoms with Gasteiger partial charge in [0.2, 0.25) is 0 Å². The molecule has 1 saturated carbocycles. The van der Waals surface area contributed by atoms with Crippen molar-refractivity contribution in [3.05, 3.63) is 34.9 Å². The first-order chi connectivity index (χ1) is 8.22. The van der Waals surface area contributed by atoms with Crippen LogP contribution in [0.25, 0.3) is 0 Å². The third kappa shape index (κ3) is 1.64. The van der Waals surface area contributed by atoms with E-state index >= 15 is 0 Å². The fourth-order valence-electron chi connectivity index (χ4n) is 3.74. The van der Waals surface area contributed by atoms with Crippen molar-refractivity contribution in [2.24, 2.45) is 0 Å². The average Bonchev–Trinajstić information content (AvgIpc) is 2.35. The maximum atomic E-state index is 12.4. The first kappa shape index (κ1) is 11.0. The Hall–Kier alpha value is -1.11. The lowest BCUT2D eigenvalue weighted by Gasteiger charge is -2.40. The molecule has 1 aromatic rings. The zero-order valence-corrected chi connectivity index (χ0v) is 10.6. The highest BCUT2D eigenvalue weighted by atomic mass is 16.1. The van der Waals surface area contributed by atoms with Crippen LogP contribution in [-0.2, 0) is 16.6 Å². The van der Waals surface area contributed by atoms with Gasteiger partial charge in [-0.1, -0.05) is 43.0 Å². The summed E-state index contributed by atoms with van der Waals surface area (Å²) in [7, 11) is 0. The summed E-state index contributed by atoms with van der Waals surface area (Å²) >= 11 is 0. The summed E-state index contributed by atoms with van der Waals surface area (Å²) in [4.78, 5) is 12.4. The van der Waals surface area contributed by atoms with Crippen molar-refractivity contribution >= 4 is 5.78 Å². The molecule has 1 nitrogen and oxygen atoms in total. The summed E-state index contributed by atoms with van der Waals surface area (Å²) in [6.45, 7) is 2.14. The predicted octanol–water partition coefficient (Wildman–Crippen LogP) is 3.71. The number of benzene rings is 1. The first-order valence-electron chi connectivity index (χ1n) is 6.86. The van der Waals surface area contributed by atoms with Crippen LogP contribution >= 0.6 is 0 Å². The largest absolute Gasteiger partial charge is 0.299 e. The van der Waals surface area contributed by atoms with Gasteiger partial charge in [0.1, 0.15) is 5.78 Å². The Labute approximate surface area is 103 Å². The molecule has 0 unspecified atom stereocenters. The van der Waals surface area contributed by atoms with E-state index in [1.54, 1.807) is 0 Å². The van der Waals surface area contributed by atoms with Crippen molar-refractivity contribution in [3.63, 3.8) is 0 Å². The number of hydrogen-bond donors (Lipinski definition) is 0. The van der Waals surface area contributed by atoms with Gasteiger partial charge in [0.15, 0.2) is 0 Å². The first-order valence-corrected chi connectivity index (χ1v) is 6.86. The van der Waals surface area contributed by atoms with Gasteiger partial charge in [0, 0.05) is 6.42 Å². The summed E-state index contributed by atoms with van der Waals surface area (Å²) in [6, 6.07) is 6.69. The molecule has 90 valence electrons. The molecular formula is C16H20O. The number of carbonyl (C=O) groups is 1. The van der Waals surface area contributed by atoms with Gasteiger partial charge in [0.25, 0.3) is 0 Å². The van der Waals surface area contributed by atoms with E-state index in [0.29, 0.717) is 5.78 Å². The summed E-state index contributed by atoms with van der Waals surface area (Å²) < 4.78 is 0. The Morgan fingerprint density at radius 3 is 2.59 bits per heavy atom. The normalized spacial score (nSPS) is 22.5. The van der Waals surface area contributed by atoms with Crippen molar-refractivity contribution in [2.75, 3.05) is 0 Å². The minimum Gasteiger partial charge on any atom is -0.299 e. The van der Waals surface area contributed by atoms with Crippen LogP contribution in [0.15, 0.2) is 18.2 Å². The van der Waals surface area contributed by atoms with Crippen LogP contribution in [0.1, 0.15) is 55.2 Å². The number of Topliss-reactive ketones (excluding diaryl/α,β-unsaturated/α-hetero) is 1. The Kier molecular flexibility index (Phi) is 2.57. The summed E-state index contributed by atoms with van der Waals surface area (Å²) in [6.07, 6.45) is 7.63. The topological polar surface area (TPSA) is 17.1 Å². The van der Waals surface area contributed by atoms with Crippen molar-refractivity contribution in [1.82, 2.24) is 0 Å². The monoisotopic (exact) mass is 228 g/mol. The molecule has 2 aliphatic carbocycles. The molecule has 3 rings (SSSR count). The fraction of sp³-hybridized carbons (Fsp3) is 0.562. The van der Waals surface area contributed by atoms with Crippen LogP contribution in [0.4, 0.5) is 0 Å². The molecular weight excluding hydrogens is 208 g/mol. The zero-order chi connectivity index (χ0) is 11.9. The maximum absolute atomic E-state index is 12.4. The average molecular weight is 228 g/mol. The van der Waals surface area contributed by atoms with Gasteiger partial charge in [-0.2, -0.15) is 0 Å². The molecule has 0 aliphatic heterocycles. The molecule has 1 spiro atoms. The minimum atomic E-state index is -0.0977. The summed E-state index contributed by atoms with van der Waals surface area (Å²) in [5.41, 5.74) is 4.02. The number of hydrogen-bond acceptors (Lipinski definition) is 1. The third-order valence-electron chi connectivity index (χ3n) is 4.64. The van der Waals surface area contributed by atoms with Gasteiger partial charge in [-0.3, -0.25) is 4.79 Å². The molecule has 0 saturated heterocycles. The lowest BCUT2D eigenvalue weighted by molar-refractivity contribution is -0.126. The highest BCUT2D eigenvalue weighted by Gasteiger charge is 2.43.